The summed E-state index contributed by atoms with van der Waals surface area (Å²) in [7, 11) is 1.95. The van der Waals surface area contributed by atoms with Gasteiger partial charge in [-0.2, -0.15) is 0 Å². The van der Waals surface area contributed by atoms with E-state index in [0.29, 0.717) is 5.92 Å². The first-order valence-electron chi connectivity index (χ1n) is 6.81. The van der Waals surface area contributed by atoms with Gasteiger partial charge in [-0.05, 0) is 45.0 Å². The number of nitrogens with one attached hydrogen (secondary N) is 1. The number of aryl methyl sites for hydroxylation is 1. The van der Waals surface area contributed by atoms with E-state index in [-0.39, 0.29) is 12.5 Å². The summed E-state index contributed by atoms with van der Waals surface area (Å²) in [6.45, 7) is 4.83. The molecule has 4 nitrogen and oxygen atoms in total. The fourth-order valence-corrected chi connectivity index (χ4v) is 2.39. The maximum atomic E-state index is 12.0. The van der Waals surface area contributed by atoms with Crippen LogP contribution in [0, 0.1) is 12.8 Å². The molecule has 1 N–H and O–H groups in total. The van der Waals surface area contributed by atoms with E-state index in [9.17, 15) is 4.79 Å². The number of rotatable bonds is 5. The smallest absolute Gasteiger partial charge is 0.260 e. The van der Waals surface area contributed by atoms with E-state index in [4.69, 9.17) is 4.74 Å². The van der Waals surface area contributed by atoms with Crippen molar-refractivity contribution in [2.45, 2.75) is 13.3 Å². The van der Waals surface area contributed by atoms with E-state index in [0.717, 1.165) is 31.8 Å². The van der Waals surface area contributed by atoms with Crippen LogP contribution in [0.1, 0.15) is 12.0 Å². The molecule has 0 radical (unpaired) electrons. The lowest BCUT2D eigenvalue weighted by Gasteiger charge is -2.17. The second-order valence-electron chi connectivity index (χ2n) is 5.15. The molecular formula is C15H22N2O2. The van der Waals surface area contributed by atoms with Crippen LogP contribution >= 0.6 is 0 Å². The molecule has 19 heavy (non-hydrogen) atoms. The van der Waals surface area contributed by atoms with Crippen LogP contribution in [-0.4, -0.2) is 44.1 Å². The minimum atomic E-state index is 0.0826. The van der Waals surface area contributed by atoms with Gasteiger partial charge in [-0.3, -0.25) is 4.79 Å². The summed E-state index contributed by atoms with van der Waals surface area (Å²) in [4.78, 5) is 13.9. The first-order valence-corrected chi connectivity index (χ1v) is 6.81. The molecule has 0 unspecified atom stereocenters. The summed E-state index contributed by atoms with van der Waals surface area (Å²) in [5, 5.41) is 3.16. The number of benzene rings is 1. The standard InChI is InChI=1S/C15H22N2O2/c1-12-3-5-14(6-4-12)19-11-15(18)17-8-7-13(10-17)9-16-2/h3-6,13,16H,7-11H2,1-2H3/t13-/m1/s1. The van der Waals surface area contributed by atoms with E-state index in [1.54, 1.807) is 0 Å². The molecule has 1 aliphatic rings. The summed E-state index contributed by atoms with van der Waals surface area (Å²) >= 11 is 0. The Balaban J connectivity index is 1.77. The van der Waals surface area contributed by atoms with Crippen molar-refractivity contribution in [3.8, 4) is 5.75 Å². The minimum Gasteiger partial charge on any atom is -0.484 e. The van der Waals surface area contributed by atoms with Gasteiger partial charge in [0.25, 0.3) is 5.91 Å². The van der Waals surface area contributed by atoms with Gasteiger partial charge in [-0.1, -0.05) is 17.7 Å². The molecule has 1 atom stereocenters. The predicted molar refractivity (Wildman–Crippen MR) is 75.3 cm³/mol. The Hall–Kier alpha value is -1.55. The van der Waals surface area contributed by atoms with Gasteiger partial charge in [0.1, 0.15) is 5.75 Å². The van der Waals surface area contributed by atoms with Crippen LogP contribution in [-0.2, 0) is 4.79 Å². The van der Waals surface area contributed by atoms with Crippen molar-refractivity contribution in [1.82, 2.24) is 10.2 Å². The molecule has 1 aromatic carbocycles. The second kappa shape index (κ2) is 6.57. The van der Waals surface area contributed by atoms with E-state index in [1.807, 2.05) is 43.1 Å². The molecule has 1 fully saturated rings. The van der Waals surface area contributed by atoms with E-state index >= 15 is 0 Å². The molecule has 0 spiro atoms. The highest BCUT2D eigenvalue weighted by molar-refractivity contribution is 5.78. The van der Waals surface area contributed by atoms with Gasteiger partial charge < -0.3 is 15.0 Å². The SMILES string of the molecule is CNC[C@H]1CCN(C(=O)COc2ccc(C)cc2)C1. The Kier molecular flexibility index (Phi) is 4.80. The van der Waals surface area contributed by atoms with Crippen LogP contribution in [0.4, 0.5) is 0 Å². The highest BCUT2D eigenvalue weighted by atomic mass is 16.5. The monoisotopic (exact) mass is 262 g/mol. The molecule has 0 aliphatic carbocycles. The molecule has 4 heteroatoms. The number of nitrogens with zero attached hydrogens (tertiary/aromatic N) is 1. The zero-order valence-corrected chi connectivity index (χ0v) is 11.7. The third-order valence-corrected chi connectivity index (χ3v) is 3.51. The molecule has 0 aromatic heterocycles. The number of carbonyl (C=O) groups excluding carboxylic acids is 1. The Morgan fingerprint density at radius 1 is 1.42 bits per heavy atom. The van der Waals surface area contributed by atoms with Crippen molar-refractivity contribution in [3.05, 3.63) is 29.8 Å². The lowest BCUT2D eigenvalue weighted by atomic mass is 10.1. The molecule has 0 bridgehead atoms. The highest BCUT2D eigenvalue weighted by Crippen LogP contribution is 2.16. The first kappa shape index (κ1) is 13.9. The highest BCUT2D eigenvalue weighted by Gasteiger charge is 2.25. The summed E-state index contributed by atoms with van der Waals surface area (Å²) in [6, 6.07) is 7.77. The van der Waals surface area contributed by atoms with Crippen molar-refractivity contribution in [2.24, 2.45) is 5.92 Å². The summed E-state index contributed by atoms with van der Waals surface area (Å²) in [5.41, 5.74) is 1.19. The van der Waals surface area contributed by atoms with Crippen molar-refractivity contribution in [3.63, 3.8) is 0 Å². The van der Waals surface area contributed by atoms with Gasteiger partial charge in [0.05, 0.1) is 0 Å². The van der Waals surface area contributed by atoms with E-state index < -0.39 is 0 Å². The third-order valence-electron chi connectivity index (χ3n) is 3.51. The topological polar surface area (TPSA) is 41.6 Å². The van der Waals surface area contributed by atoms with Crippen molar-refractivity contribution < 1.29 is 9.53 Å². The van der Waals surface area contributed by atoms with Gasteiger partial charge in [0.2, 0.25) is 0 Å². The maximum Gasteiger partial charge on any atom is 0.260 e. The molecule has 104 valence electrons. The molecule has 1 saturated heterocycles. The first-order chi connectivity index (χ1) is 9.19. The largest absolute Gasteiger partial charge is 0.484 e. The van der Waals surface area contributed by atoms with Crippen molar-refractivity contribution in [2.75, 3.05) is 33.3 Å². The molecule has 0 saturated carbocycles. The van der Waals surface area contributed by atoms with Gasteiger partial charge >= 0.3 is 0 Å². The second-order valence-corrected chi connectivity index (χ2v) is 5.15. The zero-order chi connectivity index (χ0) is 13.7. The van der Waals surface area contributed by atoms with E-state index in [1.165, 1.54) is 5.56 Å². The summed E-state index contributed by atoms with van der Waals surface area (Å²) in [5.74, 6) is 1.41. The normalized spacial score (nSPS) is 18.6. The van der Waals surface area contributed by atoms with Gasteiger partial charge in [-0.15, -0.1) is 0 Å². The van der Waals surface area contributed by atoms with Crippen LogP contribution in [0.2, 0.25) is 0 Å². The quantitative estimate of drug-likeness (QED) is 0.873. The minimum absolute atomic E-state index is 0.0826. The molecule has 1 heterocycles. The van der Waals surface area contributed by atoms with E-state index in [2.05, 4.69) is 5.32 Å². The summed E-state index contributed by atoms with van der Waals surface area (Å²) < 4.78 is 5.52. The molecule has 1 amide bonds. The van der Waals surface area contributed by atoms with Crippen LogP contribution < -0.4 is 10.1 Å². The third kappa shape index (κ3) is 3.96. The fourth-order valence-electron chi connectivity index (χ4n) is 2.39. The number of hydrogen-bond donors (Lipinski definition) is 1. The Bertz CT molecular complexity index is 417. The fraction of sp³-hybridized carbons (Fsp3) is 0.533. The van der Waals surface area contributed by atoms with Crippen LogP contribution in [0.15, 0.2) is 24.3 Å². The number of hydrogen-bond acceptors (Lipinski definition) is 3. The maximum absolute atomic E-state index is 12.0. The Labute approximate surface area is 114 Å². The number of ether oxygens (including phenoxy) is 1. The lowest BCUT2D eigenvalue weighted by Crippen LogP contribution is -2.34. The summed E-state index contributed by atoms with van der Waals surface area (Å²) in [6.07, 6.45) is 1.08. The number of amides is 1. The van der Waals surface area contributed by atoms with Gasteiger partial charge in [0, 0.05) is 13.1 Å². The van der Waals surface area contributed by atoms with Crippen LogP contribution in [0.25, 0.3) is 0 Å². The number of likely N-dealkylation sites (tertiary alicyclic amines) is 1. The molecule has 1 aliphatic heterocycles. The molecule has 2 rings (SSSR count). The number of carbonyl (C=O) groups is 1. The zero-order valence-electron chi connectivity index (χ0n) is 11.7. The average Bonchev–Trinajstić information content (AvgIpc) is 2.87. The van der Waals surface area contributed by atoms with Crippen LogP contribution in [0.5, 0.6) is 5.75 Å². The van der Waals surface area contributed by atoms with Gasteiger partial charge in [-0.25, -0.2) is 0 Å². The van der Waals surface area contributed by atoms with Crippen LogP contribution in [0.3, 0.4) is 0 Å². The Morgan fingerprint density at radius 2 is 2.16 bits per heavy atom. The lowest BCUT2D eigenvalue weighted by molar-refractivity contribution is -0.132. The average molecular weight is 262 g/mol. The molecular weight excluding hydrogens is 240 g/mol. The van der Waals surface area contributed by atoms with Gasteiger partial charge in [0.15, 0.2) is 6.61 Å². The van der Waals surface area contributed by atoms with Crippen molar-refractivity contribution >= 4 is 5.91 Å². The molecule has 1 aromatic rings. The predicted octanol–water partition coefficient (Wildman–Crippen LogP) is 1.44. The van der Waals surface area contributed by atoms with Crippen molar-refractivity contribution in [1.29, 1.82) is 0 Å². The Morgan fingerprint density at radius 3 is 2.84 bits per heavy atom.